The Morgan fingerprint density at radius 3 is 1.00 bits per heavy atom. The van der Waals surface area contributed by atoms with Crippen LogP contribution in [0.1, 0.15) is 85.2 Å². The number of benzene rings is 5. The van der Waals surface area contributed by atoms with Crippen LogP contribution in [0.3, 0.4) is 0 Å². The number of hydrogen-bond donors (Lipinski definition) is 0. The van der Waals surface area contributed by atoms with Crippen LogP contribution in [-0.4, -0.2) is 6.71 Å². The minimum Gasteiger partial charge on any atom is -0.0836 e. The topological polar surface area (TPSA) is 0 Å². The molecule has 5 aromatic rings. The Bertz CT molecular complexity index is 1960. The molecule has 0 amide bonds. The van der Waals surface area contributed by atoms with Crippen molar-refractivity contribution in [3.63, 3.8) is 0 Å². The van der Waals surface area contributed by atoms with E-state index in [0.717, 1.165) is 12.8 Å². The first-order valence-corrected chi connectivity index (χ1v) is 18.2. The van der Waals surface area contributed by atoms with Crippen molar-refractivity contribution in [2.45, 2.75) is 95.9 Å². The Labute approximate surface area is 297 Å². The summed E-state index contributed by atoms with van der Waals surface area (Å²) in [5, 5.41) is 0. The number of hydrogen-bond acceptors (Lipinski definition) is 0. The average molecular weight is 641 g/mol. The lowest BCUT2D eigenvalue weighted by Gasteiger charge is -2.33. The van der Waals surface area contributed by atoms with Crippen molar-refractivity contribution in [2.24, 2.45) is 0 Å². The predicted molar refractivity (Wildman–Crippen MR) is 218 cm³/mol. The van der Waals surface area contributed by atoms with Crippen molar-refractivity contribution in [3.8, 4) is 22.3 Å². The van der Waals surface area contributed by atoms with Gasteiger partial charge in [-0.1, -0.05) is 129 Å². The van der Waals surface area contributed by atoms with Gasteiger partial charge < -0.3 is 0 Å². The van der Waals surface area contributed by atoms with Gasteiger partial charge in [0, 0.05) is 0 Å². The number of allylic oxidation sites excluding steroid dienone is 4. The monoisotopic (exact) mass is 640 g/mol. The molecule has 0 bridgehead atoms. The second-order valence-corrected chi connectivity index (χ2v) is 14.7. The molecule has 0 atom stereocenters. The van der Waals surface area contributed by atoms with E-state index >= 15 is 0 Å². The van der Waals surface area contributed by atoms with Gasteiger partial charge in [0.2, 0.25) is 6.71 Å². The van der Waals surface area contributed by atoms with Crippen molar-refractivity contribution in [3.05, 3.63) is 151 Å². The van der Waals surface area contributed by atoms with E-state index in [9.17, 15) is 0 Å². The van der Waals surface area contributed by atoms with Crippen LogP contribution >= 0.6 is 0 Å². The molecule has 6 rings (SSSR count). The third kappa shape index (κ3) is 5.66. The third-order valence-electron chi connectivity index (χ3n) is 12.3. The van der Waals surface area contributed by atoms with Gasteiger partial charge >= 0.3 is 0 Å². The second kappa shape index (κ2) is 13.5. The van der Waals surface area contributed by atoms with Crippen LogP contribution in [0, 0.1) is 83.1 Å². The molecule has 1 heteroatoms. The second-order valence-electron chi connectivity index (χ2n) is 14.7. The van der Waals surface area contributed by atoms with E-state index in [-0.39, 0.29) is 6.71 Å². The van der Waals surface area contributed by atoms with Crippen LogP contribution in [-0.2, 0) is 0 Å². The molecule has 0 spiro atoms. The normalized spacial score (nSPS) is 12.8. The first-order chi connectivity index (χ1) is 23.4. The van der Waals surface area contributed by atoms with E-state index in [4.69, 9.17) is 0 Å². The van der Waals surface area contributed by atoms with E-state index in [1.807, 2.05) is 0 Å². The third-order valence-corrected chi connectivity index (χ3v) is 12.3. The van der Waals surface area contributed by atoms with Gasteiger partial charge in [-0.15, -0.1) is 0 Å². The highest BCUT2D eigenvalue weighted by Crippen LogP contribution is 2.35. The van der Waals surface area contributed by atoms with Gasteiger partial charge in [-0.3, -0.25) is 0 Å². The van der Waals surface area contributed by atoms with E-state index in [0.29, 0.717) is 0 Å². The van der Waals surface area contributed by atoms with Gasteiger partial charge in [0.25, 0.3) is 0 Å². The van der Waals surface area contributed by atoms with Crippen molar-refractivity contribution in [2.75, 3.05) is 0 Å². The maximum absolute atomic E-state index is 2.44. The number of rotatable bonds is 6. The Morgan fingerprint density at radius 2 is 0.694 bits per heavy atom. The van der Waals surface area contributed by atoms with Crippen LogP contribution in [0.15, 0.2) is 78.9 Å². The van der Waals surface area contributed by atoms with Gasteiger partial charge in [0.05, 0.1) is 0 Å². The largest absolute Gasteiger partial charge is 0.243 e. The molecule has 0 aromatic heterocycles. The van der Waals surface area contributed by atoms with Gasteiger partial charge in [-0.25, -0.2) is 0 Å². The highest BCUT2D eigenvalue weighted by atomic mass is 14.3. The van der Waals surface area contributed by atoms with E-state index < -0.39 is 0 Å². The van der Waals surface area contributed by atoms with Crippen LogP contribution in [0.25, 0.3) is 27.8 Å². The Kier molecular flexibility index (Phi) is 9.51. The van der Waals surface area contributed by atoms with Crippen LogP contribution < -0.4 is 16.4 Å². The zero-order valence-electron chi connectivity index (χ0n) is 32.0. The summed E-state index contributed by atoms with van der Waals surface area (Å²) in [5.41, 5.74) is 29.4. The molecule has 0 N–H and O–H groups in total. The molecule has 0 radical (unpaired) electrons. The highest BCUT2D eigenvalue weighted by Gasteiger charge is 2.35. The van der Waals surface area contributed by atoms with Crippen LogP contribution in [0.2, 0.25) is 0 Å². The van der Waals surface area contributed by atoms with Crippen molar-refractivity contribution >= 4 is 28.7 Å². The summed E-state index contributed by atoms with van der Waals surface area (Å²) in [5.74, 6) is 0. The molecule has 0 nitrogen and oxygen atoms in total. The molecule has 1 aliphatic rings. The first kappa shape index (κ1) is 34.5. The maximum atomic E-state index is 2.44. The first-order valence-electron chi connectivity index (χ1n) is 18.2. The lowest BCUT2D eigenvalue weighted by molar-refractivity contribution is 1.04. The molecular formula is C48H53B. The summed E-state index contributed by atoms with van der Waals surface area (Å²) >= 11 is 0. The maximum Gasteiger partial charge on any atom is 0.243 e. The molecule has 0 fully saturated rings. The minimum absolute atomic E-state index is 0.103. The van der Waals surface area contributed by atoms with Crippen LogP contribution in [0.4, 0.5) is 0 Å². The van der Waals surface area contributed by atoms with E-state index in [2.05, 4.69) is 162 Å². The fourth-order valence-corrected chi connectivity index (χ4v) is 9.06. The zero-order chi connectivity index (χ0) is 35.3. The molecule has 0 saturated heterocycles. The summed E-state index contributed by atoms with van der Waals surface area (Å²) in [6.45, 7) is 28.6. The van der Waals surface area contributed by atoms with Crippen molar-refractivity contribution < 1.29 is 0 Å². The molecule has 0 unspecified atom stereocenters. The SMILES string of the molecule is Cc1c(C)c(C2=CCCC=C2)c(C)c(C)c1B(c1c(C)c(C)c(-c2ccccc2)c(C)c1C)c1c(C)c(C)c(-c2ccccc2)c(C)c1C. The quantitative estimate of drug-likeness (QED) is 0.162. The van der Waals surface area contributed by atoms with Crippen molar-refractivity contribution in [1.29, 1.82) is 0 Å². The van der Waals surface area contributed by atoms with E-state index in [1.54, 1.807) is 0 Å². The van der Waals surface area contributed by atoms with E-state index in [1.165, 1.54) is 117 Å². The summed E-state index contributed by atoms with van der Waals surface area (Å²) in [7, 11) is 0. The van der Waals surface area contributed by atoms with Gasteiger partial charge in [-0.2, -0.15) is 0 Å². The molecule has 0 aliphatic heterocycles. The summed E-state index contributed by atoms with van der Waals surface area (Å²) in [6.07, 6.45) is 9.38. The summed E-state index contributed by atoms with van der Waals surface area (Å²) in [4.78, 5) is 0. The fraction of sp³-hybridized carbons (Fsp3) is 0.292. The molecule has 5 aromatic carbocycles. The molecule has 0 heterocycles. The molecular weight excluding hydrogens is 587 g/mol. The molecule has 49 heavy (non-hydrogen) atoms. The van der Waals surface area contributed by atoms with Gasteiger partial charge in [0.1, 0.15) is 0 Å². The average Bonchev–Trinajstić information content (AvgIpc) is 3.11. The lowest BCUT2D eigenvalue weighted by atomic mass is 9.32. The Balaban J connectivity index is 1.75. The molecule has 1 aliphatic carbocycles. The molecule has 0 saturated carbocycles. The fourth-order valence-electron chi connectivity index (χ4n) is 9.06. The lowest BCUT2D eigenvalue weighted by Crippen LogP contribution is -2.58. The van der Waals surface area contributed by atoms with Crippen LogP contribution in [0.5, 0.6) is 0 Å². The smallest absolute Gasteiger partial charge is 0.0836 e. The van der Waals surface area contributed by atoms with Gasteiger partial charge in [0.15, 0.2) is 0 Å². The van der Waals surface area contributed by atoms with Crippen molar-refractivity contribution in [1.82, 2.24) is 0 Å². The summed E-state index contributed by atoms with van der Waals surface area (Å²) < 4.78 is 0. The summed E-state index contributed by atoms with van der Waals surface area (Å²) in [6, 6.07) is 22.0. The Hall–Kier alpha value is -4.36. The minimum atomic E-state index is 0.103. The predicted octanol–water partition coefficient (Wildman–Crippen LogP) is 11.0. The Morgan fingerprint density at radius 1 is 0.367 bits per heavy atom. The highest BCUT2D eigenvalue weighted by molar-refractivity contribution is 6.97. The standard InChI is InChI=1S/C48H53B/c1-28-34(7)46(35(8)29(2)43(28)40-22-16-13-17-23-40)49(47-36(9)30(3)44(31(4)37(47)10)41-24-18-14-19-25-41)48-38(11)32(5)45(33(6)39(48)12)42-26-20-15-21-27-42/h13-14,16-20,22-27H,15,21H2,1-12H3. The zero-order valence-corrected chi connectivity index (χ0v) is 32.0. The molecule has 248 valence electrons. The van der Waals surface area contributed by atoms with Gasteiger partial charge in [-0.05, 0) is 163 Å².